The van der Waals surface area contributed by atoms with Gasteiger partial charge in [0.25, 0.3) is 0 Å². The number of rotatable bonds is 1. The molecule has 0 fully saturated rings. The monoisotopic (exact) mass is 150 g/mol. The Bertz CT molecular complexity index is 99.0. The summed E-state index contributed by atoms with van der Waals surface area (Å²) >= 11 is 0. The Morgan fingerprint density at radius 1 is 1.20 bits per heavy atom. The van der Waals surface area contributed by atoms with Crippen molar-refractivity contribution in [2.45, 2.75) is 25.2 Å². The Labute approximate surface area is 61.0 Å². The molecule has 0 N–H and O–H groups in total. The van der Waals surface area contributed by atoms with Crippen molar-refractivity contribution in [1.82, 2.24) is 0 Å². The van der Waals surface area contributed by atoms with E-state index in [1.165, 1.54) is 6.92 Å². The second-order valence-corrected chi connectivity index (χ2v) is 3.63. The molecule has 0 amide bonds. The Balaban J connectivity index is 4.23. The third-order valence-corrected chi connectivity index (χ3v) is 1.79. The lowest BCUT2D eigenvalue weighted by Gasteiger charge is -2.28. The Kier molecular flexibility index (Phi) is 2.49. The van der Waals surface area contributed by atoms with Crippen LogP contribution in [-0.2, 0) is 0 Å². The van der Waals surface area contributed by atoms with E-state index in [4.69, 9.17) is 0 Å². The molecule has 0 saturated carbocycles. The molecule has 0 heterocycles. The van der Waals surface area contributed by atoms with Crippen molar-refractivity contribution < 1.29 is 13.2 Å². The maximum atomic E-state index is 11.9. The van der Waals surface area contributed by atoms with Crippen LogP contribution in [0.25, 0.3) is 0 Å². The average molecular weight is 150 g/mol. The molecule has 0 nitrogen and oxygen atoms in total. The molecule has 0 aromatic carbocycles. The first-order valence-corrected chi connectivity index (χ1v) is 3.22. The molecule has 0 rings (SSSR count). The van der Waals surface area contributed by atoms with Crippen molar-refractivity contribution in [3.05, 3.63) is 0 Å². The van der Waals surface area contributed by atoms with Crippen LogP contribution < -0.4 is 0 Å². The van der Waals surface area contributed by atoms with Gasteiger partial charge in [0.2, 0.25) is 0 Å². The maximum absolute atomic E-state index is 11.9. The Hall–Kier alpha value is -0.0801. The van der Waals surface area contributed by atoms with Crippen molar-refractivity contribution in [3.8, 4) is 0 Å². The molecule has 0 aromatic heterocycles. The number of halogens is 3. The summed E-state index contributed by atoms with van der Waals surface area (Å²) < 4.78 is 35.8. The Morgan fingerprint density at radius 3 is 1.50 bits per heavy atom. The summed E-state index contributed by atoms with van der Waals surface area (Å²) in [7, 11) is 3.18. The second-order valence-electron chi connectivity index (χ2n) is 3.63. The van der Waals surface area contributed by atoms with Crippen LogP contribution in [-0.4, -0.2) is 21.9 Å². The lowest BCUT2D eigenvalue weighted by Crippen LogP contribution is -2.31. The van der Waals surface area contributed by atoms with Crippen molar-refractivity contribution in [2.24, 2.45) is 5.92 Å². The van der Waals surface area contributed by atoms with Crippen LogP contribution in [0.4, 0.5) is 13.2 Å². The fraction of sp³-hybridized carbons (Fsp3) is 1.00. The zero-order valence-electron chi connectivity index (χ0n) is 6.71. The molecule has 5 heteroatoms. The van der Waals surface area contributed by atoms with E-state index in [1.807, 2.05) is 0 Å². The second kappa shape index (κ2) is 2.51. The highest BCUT2D eigenvalue weighted by molar-refractivity contribution is 6.39. The molecule has 0 radical (unpaired) electrons. The molecule has 1 unspecified atom stereocenters. The van der Waals surface area contributed by atoms with Crippen LogP contribution >= 0.6 is 0 Å². The smallest absolute Gasteiger partial charge is 0.171 e. The van der Waals surface area contributed by atoms with Gasteiger partial charge in [-0.05, 0) is 0 Å². The van der Waals surface area contributed by atoms with Gasteiger partial charge in [0.05, 0.1) is 15.7 Å². The van der Waals surface area contributed by atoms with Crippen molar-refractivity contribution in [3.63, 3.8) is 0 Å². The van der Waals surface area contributed by atoms with E-state index in [-0.39, 0.29) is 0 Å². The highest BCUT2D eigenvalue weighted by Crippen LogP contribution is 2.39. The summed E-state index contributed by atoms with van der Waals surface area (Å²) in [6.45, 7) is 2.80. The predicted molar refractivity (Wildman–Crippen MR) is 40.7 cm³/mol. The van der Waals surface area contributed by atoms with Crippen LogP contribution in [0.2, 0.25) is 5.21 Å². The molecule has 10 heavy (non-hydrogen) atoms. The predicted octanol–water partition coefficient (Wildman–Crippen LogP) is 0.587. The van der Waals surface area contributed by atoms with E-state index in [2.05, 4.69) is 0 Å². The molecule has 0 spiro atoms. The van der Waals surface area contributed by atoms with E-state index in [0.29, 0.717) is 0 Å². The lowest BCUT2D eigenvalue weighted by molar-refractivity contribution is -0.172. The summed E-state index contributed by atoms with van der Waals surface area (Å²) in [5.41, 5.74) is 0. The molecule has 0 saturated heterocycles. The quantitative estimate of drug-likeness (QED) is 0.479. The fourth-order valence-corrected chi connectivity index (χ4v) is 0.491. The first-order valence-electron chi connectivity index (χ1n) is 3.22. The summed E-state index contributed by atoms with van der Waals surface area (Å²) in [4.78, 5) is 0. The standard InChI is InChI=1S/C5H11B2F3/c1-3(4(2,6)7)5(8,9)10/h3H,6-7H2,1-2H3. The first kappa shape index (κ1) is 9.92. The lowest BCUT2D eigenvalue weighted by atomic mass is 9.50. The third-order valence-electron chi connectivity index (χ3n) is 1.79. The molecule has 0 aliphatic rings. The van der Waals surface area contributed by atoms with Crippen molar-refractivity contribution in [1.29, 1.82) is 0 Å². The van der Waals surface area contributed by atoms with E-state index in [0.717, 1.165) is 0 Å². The molecular weight excluding hydrogens is 139 g/mol. The number of alkyl halides is 3. The minimum Gasteiger partial charge on any atom is -0.171 e. The van der Waals surface area contributed by atoms with Gasteiger partial charge in [0.1, 0.15) is 0 Å². The van der Waals surface area contributed by atoms with Gasteiger partial charge < -0.3 is 0 Å². The van der Waals surface area contributed by atoms with Crippen LogP contribution in [0, 0.1) is 5.92 Å². The van der Waals surface area contributed by atoms with Gasteiger partial charge in [-0.25, -0.2) is 0 Å². The first-order chi connectivity index (χ1) is 4.15. The van der Waals surface area contributed by atoms with Gasteiger partial charge in [0, 0.05) is 5.92 Å². The van der Waals surface area contributed by atoms with Gasteiger partial charge in [0.15, 0.2) is 0 Å². The molecular formula is C5H11B2F3. The van der Waals surface area contributed by atoms with Crippen LogP contribution in [0.5, 0.6) is 0 Å². The normalized spacial score (nSPS) is 16.9. The van der Waals surface area contributed by atoms with E-state index >= 15 is 0 Å². The molecule has 1 atom stereocenters. The molecule has 0 aromatic rings. The molecule has 0 aliphatic carbocycles. The third kappa shape index (κ3) is 2.67. The van der Waals surface area contributed by atoms with Gasteiger partial charge in [-0.3, -0.25) is 0 Å². The minimum absolute atomic E-state index is 0.682. The van der Waals surface area contributed by atoms with Crippen LogP contribution in [0.15, 0.2) is 0 Å². The molecule has 58 valence electrons. The summed E-state index contributed by atoms with van der Waals surface area (Å²) in [5, 5.41) is -0.682. The largest absolute Gasteiger partial charge is 0.390 e. The van der Waals surface area contributed by atoms with E-state index in [9.17, 15) is 13.2 Å². The highest BCUT2D eigenvalue weighted by atomic mass is 19.4. The fourth-order valence-electron chi connectivity index (χ4n) is 0.491. The van der Waals surface area contributed by atoms with Gasteiger partial charge in [-0.1, -0.05) is 19.1 Å². The van der Waals surface area contributed by atoms with Gasteiger partial charge in [-0.2, -0.15) is 13.2 Å². The van der Waals surface area contributed by atoms with Gasteiger partial charge >= 0.3 is 6.18 Å². The van der Waals surface area contributed by atoms with Crippen LogP contribution in [0.3, 0.4) is 0 Å². The maximum Gasteiger partial charge on any atom is 0.390 e. The van der Waals surface area contributed by atoms with E-state index in [1.54, 1.807) is 22.6 Å². The highest BCUT2D eigenvalue weighted by Gasteiger charge is 2.42. The summed E-state index contributed by atoms with van der Waals surface area (Å²) in [5.74, 6) is -1.24. The van der Waals surface area contributed by atoms with Crippen molar-refractivity contribution in [2.75, 3.05) is 0 Å². The van der Waals surface area contributed by atoms with Crippen molar-refractivity contribution >= 4 is 15.7 Å². The molecule has 0 aliphatic heterocycles. The molecule has 0 bridgehead atoms. The zero-order chi connectivity index (χ0) is 8.58. The topological polar surface area (TPSA) is 0 Å². The van der Waals surface area contributed by atoms with Gasteiger partial charge in [-0.15, -0.1) is 0 Å². The summed E-state index contributed by atoms with van der Waals surface area (Å²) in [6.07, 6.45) is -4.06. The minimum atomic E-state index is -4.06. The Morgan fingerprint density at radius 2 is 1.50 bits per heavy atom. The average Bonchev–Trinajstić information content (AvgIpc) is 1.59. The number of hydrogen-bond donors (Lipinski definition) is 0. The summed E-state index contributed by atoms with van der Waals surface area (Å²) in [6, 6.07) is 0. The number of hydrogen-bond acceptors (Lipinski definition) is 0. The van der Waals surface area contributed by atoms with Crippen LogP contribution in [0.1, 0.15) is 13.8 Å². The van der Waals surface area contributed by atoms with E-state index < -0.39 is 17.3 Å². The zero-order valence-corrected chi connectivity index (χ0v) is 6.71. The SMILES string of the molecule is BC(B)(C)C(C)C(F)(F)F.